The molecule has 2 aromatic heterocycles. The molecule has 0 N–H and O–H groups in total. The summed E-state index contributed by atoms with van der Waals surface area (Å²) in [5.74, 6) is -3.15. The zero-order chi connectivity index (χ0) is 26.4. The van der Waals surface area contributed by atoms with Crippen molar-refractivity contribution in [2.75, 3.05) is 0 Å². The smallest absolute Gasteiger partial charge is 0.338 e. The predicted molar refractivity (Wildman–Crippen MR) is 115 cm³/mol. The Bertz CT molecular complexity index is 1180. The molecule has 4 fully saturated rings. The Morgan fingerprint density at radius 3 is 1.55 bits per heavy atom. The molecule has 0 amide bonds. The van der Waals surface area contributed by atoms with Crippen LogP contribution in [0, 0.1) is 0 Å². The molecule has 4 bridgehead atoms. The Balaban J connectivity index is 1.21. The van der Waals surface area contributed by atoms with Crippen LogP contribution in [0.25, 0.3) is 0 Å². The topological polar surface area (TPSA) is 169 Å². The van der Waals surface area contributed by atoms with Gasteiger partial charge < -0.3 is 37.9 Å². The maximum absolute atomic E-state index is 13.2. The Labute approximate surface area is 215 Å². The third-order valence-corrected chi connectivity index (χ3v) is 6.95. The van der Waals surface area contributed by atoms with Gasteiger partial charge in [-0.2, -0.15) is 0 Å². The van der Waals surface area contributed by atoms with Crippen molar-refractivity contribution in [3.63, 3.8) is 0 Å². The van der Waals surface area contributed by atoms with Crippen LogP contribution >= 0.6 is 0 Å². The molecular weight excluding hydrogens is 508 g/mol. The molecule has 0 saturated carbocycles. The minimum absolute atomic E-state index is 0.198. The Kier molecular flexibility index (Phi) is 5.21. The number of carbonyl (C=O) groups is 2. The summed E-state index contributed by atoms with van der Waals surface area (Å²) in [6.45, 7) is 6.59. The van der Waals surface area contributed by atoms with Crippen LogP contribution in [0.1, 0.15) is 51.2 Å². The van der Waals surface area contributed by atoms with E-state index in [9.17, 15) is 9.59 Å². The van der Waals surface area contributed by atoms with Crippen LogP contribution in [0.15, 0.2) is 12.4 Å². The molecule has 0 aliphatic carbocycles. The van der Waals surface area contributed by atoms with Gasteiger partial charge in [-0.3, -0.25) is 0 Å². The molecule has 5 aliphatic heterocycles. The fraction of sp³-hybridized carbons (Fsp3) is 0.727. The highest BCUT2D eigenvalue weighted by Crippen LogP contribution is 2.45. The average Bonchev–Trinajstić information content (AvgIpc) is 3.65. The molecule has 16 nitrogen and oxygen atoms in total. The molecule has 4 saturated heterocycles. The monoisotopic (exact) mass is 534 g/mol. The van der Waals surface area contributed by atoms with Crippen molar-refractivity contribution < 1.29 is 47.5 Å². The minimum Gasteiger partial charge on any atom is -0.457 e. The fourth-order valence-electron chi connectivity index (χ4n) is 5.46. The first kappa shape index (κ1) is 24.1. The van der Waals surface area contributed by atoms with Gasteiger partial charge >= 0.3 is 11.9 Å². The highest BCUT2D eigenvalue weighted by molar-refractivity contribution is 5.76. The van der Waals surface area contributed by atoms with Gasteiger partial charge in [0.25, 0.3) is 0 Å². The molecule has 0 spiro atoms. The molecule has 0 aromatic carbocycles. The van der Waals surface area contributed by atoms with E-state index in [1.807, 2.05) is 0 Å². The summed E-state index contributed by atoms with van der Waals surface area (Å²) < 4.78 is 49.4. The van der Waals surface area contributed by atoms with Crippen LogP contribution in [-0.2, 0) is 60.7 Å². The molecule has 7 rings (SSSR count). The van der Waals surface area contributed by atoms with Crippen LogP contribution in [0.2, 0.25) is 0 Å². The van der Waals surface area contributed by atoms with Gasteiger partial charge in [0.1, 0.15) is 48.9 Å². The number of rotatable bonds is 0. The van der Waals surface area contributed by atoms with E-state index >= 15 is 0 Å². The second kappa shape index (κ2) is 8.24. The number of hydrogen-bond acceptors (Lipinski definition) is 14. The molecule has 2 aromatic rings. The van der Waals surface area contributed by atoms with Crippen molar-refractivity contribution in [3.05, 3.63) is 23.8 Å². The number of ether oxygens (including phenoxy) is 8. The van der Waals surface area contributed by atoms with Gasteiger partial charge in [-0.1, -0.05) is 10.4 Å². The van der Waals surface area contributed by atoms with Crippen molar-refractivity contribution in [3.8, 4) is 0 Å². The van der Waals surface area contributed by atoms with Crippen LogP contribution in [0.3, 0.4) is 0 Å². The first-order chi connectivity index (χ1) is 18.1. The lowest BCUT2D eigenvalue weighted by atomic mass is 10.1. The Hall–Kier alpha value is -3.02. The highest BCUT2D eigenvalue weighted by atomic mass is 16.8. The summed E-state index contributed by atoms with van der Waals surface area (Å²) in [7, 11) is 0. The van der Waals surface area contributed by atoms with Crippen LogP contribution in [0.5, 0.6) is 0 Å². The van der Waals surface area contributed by atoms with Gasteiger partial charge in [0, 0.05) is 0 Å². The van der Waals surface area contributed by atoms with E-state index in [2.05, 4.69) is 20.6 Å². The normalized spacial score (nSPS) is 39.2. The number of carbonyl (C=O) groups excluding carboxylic acids is 2. The van der Waals surface area contributed by atoms with Crippen LogP contribution < -0.4 is 0 Å². The van der Waals surface area contributed by atoms with Gasteiger partial charge in [0.2, 0.25) is 0 Å². The Morgan fingerprint density at radius 1 is 0.711 bits per heavy atom. The number of esters is 2. The molecule has 204 valence electrons. The predicted octanol–water partition coefficient (Wildman–Crippen LogP) is -0.495. The Morgan fingerprint density at radius 2 is 1.13 bits per heavy atom. The van der Waals surface area contributed by atoms with Crippen LogP contribution in [0.4, 0.5) is 0 Å². The molecule has 1 unspecified atom stereocenters. The lowest BCUT2D eigenvalue weighted by Gasteiger charge is -2.25. The highest BCUT2D eigenvalue weighted by Gasteiger charge is 2.60. The van der Waals surface area contributed by atoms with Crippen molar-refractivity contribution >= 4 is 11.9 Å². The van der Waals surface area contributed by atoms with Gasteiger partial charge in [0.15, 0.2) is 36.4 Å². The summed E-state index contributed by atoms with van der Waals surface area (Å²) in [6, 6.07) is -1.48. The second-order valence-electron chi connectivity index (χ2n) is 10.6. The number of aromatic nitrogens is 6. The minimum atomic E-state index is -1.10. The molecule has 5 aliphatic rings. The first-order valence-corrected chi connectivity index (χ1v) is 12.2. The molecule has 16 heteroatoms. The maximum atomic E-state index is 13.2. The van der Waals surface area contributed by atoms with Gasteiger partial charge in [0.05, 0.1) is 12.4 Å². The standard InChI is InChI=1S/C22H26N6O10/c1-21(2)35-15-11-13(33-19(15)37-21)17(29)31-8-10-6-28(26-24-10)12-14(34-20-16(12)36-22(3,4)38-20)18(30)32-7-9-5-27(11)25-23-9/h5-6,11-16,19-20H,7-8H2,1-4H3/t11-,12-,13-,14?,15+,16+,19+,20+/m0/s1. The number of cyclic esters (lactones) is 2. The zero-order valence-electron chi connectivity index (χ0n) is 21.0. The number of fused-ring (bicyclic) bond motifs is 12. The van der Waals surface area contributed by atoms with E-state index in [4.69, 9.17) is 37.9 Å². The lowest BCUT2D eigenvalue weighted by molar-refractivity contribution is -0.216. The van der Waals surface area contributed by atoms with Gasteiger partial charge in [-0.25, -0.2) is 19.0 Å². The summed E-state index contributed by atoms with van der Waals surface area (Å²) in [5, 5.41) is 16.5. The van der Waals surface area contributed by atoms with E-state index in [-0.39, 0.29) is 13.2 Å². The van der Waals surface area contributed by atoms with E-state index in [1.165, 1.54) is 9.36 Å². The summed E-state index contributed by atoms with van der Waals surface area (Å²) >= 11 is 0. The lowest BCUT2D eigenvalue weighted by Crippen LogP contribution is -2.38. The largest absolute Gasteiger partial charge is 0.457 e. The fourth-order valence-corrected chi connectivity index (χ4v) is 5.46. The second-order valence-corrected chi connectivity index (χ2v) is 10.6. The molecular formula is C22H26N6O10. The third-order valence-electron chi connectivity index (χ3n) is 6.95. The number of hydrogen-bond donors (Lipinski definition) is 0. The van der Waals surface area contributed by atoms with Gasteiger partial charge in [-0.15, -0.1) is 10.2 Å². The summed E-state index contributed by atoms with van der Waals surface area (Å²) in [6.07, 6.45) is -2.03. The average molecular weight is 534 g/mol. The maximum Gasteiger partial charge on any atom is 0.338 e. The van der Waals surface area contributed by atoms with Crippen molar-refractivity contribution in [1.82, 2.24) is 30.0 Å². The van der Waals surface area contributed by atoms with E-state index in [0.29, 0.717) is 11.4 Å². The van der Waals surface area contributed by atoms with E-state index < -0.39 is 72.6 Å². The molecule has 8 atom stereocenters. The van der Waals surface area contributed by atoms with Crippen LogP contribution in [-0.4, -0.2) is 90.5 Å². The van der Waals surface area contributed by atoms with E-state index in [1.54, 1.807) is 40.1 Å². The summed E-state index contributed by atoms with van der Waals surface area (Å²) in [5.41, 5.74) is 0.677. The first-order valence-electron chi connectivity index (χ1n) is 12.2. The quantitative estimate of drug-likeness (QED) is 0.397. The third kappa shape index (κ3) is 3.90. The number of nitrogens with zero attached hydrogens (tertiary/aromatic N) is 6. The zero-order valence-corrected chi connectivity index (χ0v) is 21.0. The SMILES string of the molecule is CC1(C)O[C@H]2O[C@@H]3C(=O)OCc4cn(nn4)[C@H]4C(O[C@@H]5OC(C)(C)O[C@@H]54)C(=O)OCc4cn(nn4)[C@@H]3[C@H]2O1. The molecule has 38 heavy (non-hydrogen) atoms. The van der Waals surface area contributed by atoms with E-state index in [0.717, 1.165) is 0 Å². The molecule has 7 heterocycles. The van der Waals surface area contributed by atoms with Gasteiger partial charge in [-0.05, 0) is 27.7 Å². The van der Waals surface area contributed by atoms with Crippen molar-refractivity contribution in [2.45, 2.75) is 102 Å². The van der Waals surface area contributed by atoms with Crippen molar-refractivity contribution in [2.24, 2.45) is 0 Å². The summed E-state index contributed by atoms with van der Waals surface area (Å²) in [4.78, 5) is 26.3. The molecule has 0 radical (unpaired) electrons. The van der Waals surface area contributed by atoms with Crippen molar-refractivity contribution in [1.29, 1.82) is 0 Å².